The number of likely N-dealkylation sites (N-methyl/N-ethyl adjacent to an activating group) is 1. The van der Waals surface area contributed by atoms with Crippen molar-refractivity contribution < 1.29 is 4.79 Å². The molecule has 16 heavy (non-hydrogen) atoms. The molecule has 0 saturated carbocycles. The first-order valence-electron chi connectivity index (χ1n) is 4.85. The lowest BCUT2D eigenvalue weighted by molar-refractivity contribution is -0.127. The number of halogens is 2. The first-order valence-corrected chi connectivity index (χ1v) is 6.02. The van der Waals surface area contributed by atoms with Crippen LogP contribution in [0.2, 0.25) is 5.02 Å². The number of carbonyl (C=O) groups is 1. The van der Waals surface area contributed by atoms with E-state index in [2.05, 4.69) is 21.2 Å². The molecule has 1 N–H and O–H groups in total. The van der Waals surface area contributed by atoms with Gasteiger partial charge in [0.1, 0.15) is 0 Å². The van der Waals surface area contributed by atoms with E-state index in [0.717, 1.165) is 10.0 Å². The molecule has 0 fully saturated rings. The molecule has 3 nitrogen and oxygen atoms in total. The number of carbonyl (C=O) groups excluding carboxylic acids is 1. The quantitative estimate of drug-likeness (QED) is 0.925. The predicted molar refractivity (Wildman–Crippen MR) is 69.6 cm³/mol. The maximum Gasteiger partial charge on any atom is 0.236 e. The predicted octanol–water partition coefficient (Wildman–Crippen LogP) is 2.28. The van der Waals surface area contributed by atoms with Crippen molar-refractivity contribution in [1.82, 2.24) is 10.2 Å². The van der Waals surface area contributed by atoms with Crippen molar-refractivity contribution in [3.05, 3.63) is 33.3 Å². The Morgan fingerprint density at radius 1 is 1.50 bits per heavy atom. The molecule has 0 aliphatic carbocycles. The van der Waals surface area contributed by atoms with Gasteiger partial charge < -0.3 is 10.2 Å². The summed E-state index contributed by atoms with van der Waals surface area (Å²) < 4.78 is 0.979. The first-order chi connectivity index (χ1) is 7.50. The Morgan fingerprint density at radius 3 is 2.81 bits per heavy atom. The topological polar surface area (TPSA) is 32.3 Å². The minimum atomic E-state index is 0.0473. The van der Waals surface area contributed by atoms with Crippen LogP contribution in [0.5, 0.6) is 0 Å². The molecule has 0 atom stereocenters. The zero-order valence-electron chi connectivity index (χ0n) is 9.26. The second kappa shape index (κ2) is 6.23. The minimum absolute atomic E-state index is 0.0473. The fourth-order valence-electron chi connectivity index (χ4n) is 1.14. The van der Waals surface area contributed by atoms with Gasteiger partial charge in [-0.05, 0) is 23.8 Å². The van der Waals surface area contributed by atoms with Crippen LogP contribution in [-0.2, 0) is 11.3 Å². The minimum Gasteiger partial charge on any atom is -0.348 e. The zero-order valence-corrected chi connectivity index (χ0v) is 11.6. The average molecular weight is 306 g/mol. The Morgan fingerprint density at radius 2 is 2.19 bits per heavy atom. The Labute approximate surface area is 109 Å². The monoisotopic (exact) mass is 304 g/mol. The van der Waals surface area contributed by atoms with Gasteiger partial charge in [0.15, 0.2) is 0 Å². The van der Waals surface area contributed by atoms with Gasteiger partial charge in [0.25, 0.3) is 0 Å². The molecule has 0 aromatic heterocycles. The molecule has 0 heterocycles. The maximum atomic E-state index is 11.3. The second-order valence-electron chi connectivity index (χ2n) is 3.63. The van der Waals surface area contributed by atoms with Crippen molar-refractivity contribution in [2.75, 3.05) is 20.6 Å². The van der Waals surface area contributed by atoms with Crippen molar-refractivity contribution >= 4 is 33.4 Å². The van der Waals surface area contributed by atoms with Crippen LogP contribution in [0.4, 0.5) is 0 Å². The number of hydrogen-bond acceptors (Lipinski definition) is 2. The fraction of sp³-hybridized carbons (Fsp3) is 0.364. The van der Waals surface area contributed by atoms with Crippen LogP contribution >= 0.6 is 27.5 Å². The molecule has 0 unspecified atom stereocenters. The molecule has 5 heteroatoms. The van der Waals surface area contributed by atoms with Gasteiger partial charge in [0.2, 0.25) is 5.91 Å². The molecule has 1 rings (SSSR count). The van der Waals surface area contributed by atoms with Crippen molar-refractivity contribution in [1.29, 1.82) is 0 Å². The highest BCUT2D eigenvalue weighted by molar-refractivity contribution is 9.10. The van der Waals surface area contributed by atoms with Crippen LogP contribution in [-0.4, -0.2) is 31.4 Å². The maximum absolute atomic E-state index is 11.3. The average Bonchev–Trinajstić information content (AvgIpc) is 2.22. The molecule has 0 radical (unpaired) electrons. The molecule has 0 aliphatic rings. The van der Waals surface area contributed by atoms with Gasteiger partial charge >= 0.3 is 0 Å². The summed E-state index contributed by atoms with van der Waals surface area (Å²) in [7, 11) is 3.46. The smallest absolute Gasteiger partial charge is 0.236 e. The van der Waals surface area contributed by atoms with Crippen molar-refractivity contribution in [2.45, 2.75) is 6.54 Å². The molecule has 1 amide bonds. The summed E-state index contributed by atoms with van der Waals surface area (Å²) >= 11 is 9.40. The molecule has 88 valence electrons. The third kappa shape index (κ3) is 4.12. The Balaban J connectivity index is 2.49. The number of rotatable bonds is 4. The van der Waals surface area contributed by atoms with E-state index >= 15 is 0 Å². The molecule has 0 aliphatic heterocycles. The summed E-state index contributed by atoms with van der Waals surface area (Å²) in [5, 5.41) is 3.76. The summed E-state index contributed by atoms with van der Waals surface area (Å²) in [4.78, 5) is 12.9. The first kappa shape index (κ1) is 13.5. The van der Waals surface area contributed by atoms with Crippen LogP contribution in [0.1, 0.15) is 5.56 Å². The normalized spacial score (nSPS) is 10.2. The fourth-order valence-corrected chi connectivity index (χ4v) is 1.73. The van der Waals surface area contributed by atoms with Gasteiger partial charge in [0, 0.05) is 30.1 Å². The highest BCUT2D eigenvalue weighted by Gasteiger charge is 2.04. The number of benzene rings is 1. The highest BCUT2D eigenvalue weighted by atomic mass is 79.9. The zero-order chi connectivity index (χ0) is 12.1. The van der Waals surface area contributed by atoms with Gasteiger partial charge in [-0.1, -0.05) is 27.5 Å². The van der Waals surface area contributed by atoms with Gasteiger partial charge in [-0.3, -0.25) is 4.79 Å². The van der Waals surface area contributed by atoms with Crippen molar-refractivity contribution in [3.63, 3.8) is 0 Å². The van der Waals surface area contributed by atoms with Gasteiger partial charge in [-0.2, -0.15) is 0 Å². The third-order valence-electron chi connectivity index (χ3n) is 2.10. The number of amides is 1. The van der Waals surface area contributed by atoms with Crippen molar-refractivity contribution in [2.24, 2.45) is 0 Å². The van der Waals surface area contributed by atoms with Gasteiger partial charge in [-0.15, -0.1) is 0 Å². The molecule has 1 aromatic rings. The SMILES string of the molecule is CN(C)C(=O)CNCc1cc(Br)ccc1Cl. The molecule has 1 aromatic carbocycles. The van der Waals surface area contributed by atoms with Crippen LogP contribution < -0.4 is 5.32 Å². The van der Waals surface area contributed by atoms with E-state index in [-0.39, 0.29) is 5.91 Å². The molecule has 0 bridgehead atoms. The van der Waals surface area contributed by atoms with Crippen molar-refractivity contribution in [3.8, 4) is 0 Å². The third-order valence-corrected chi connectivity index (χ3v) is 2.96. The van der Waals surface area contributed by atoms with E-state index in [1.54, 1.807) is 19.0 Å². The molecule has 0 spiro atoms. The standard InChI is InChI=1S/C11H14BrClN2O/c1-15(2)11(16)7-14-6-8-5-9(12)3-4-10(8)13/h3-5,14H,6-7H2,1-2H3. The van der Waals surface area contributed by atoms with Gasteiger partial charge in [-0.25, -0.2) is 0 Å². The van der Waals surface area contributed by atoms with E-state index in [0.29, 0.717) is 18.1 Å². The van der Waals surface area contributed by atoms with Gasteiger partial charge in [0.05, 0.1) is 6.54 Å². The Hall–Kier alpha value is -0.580. The summed E-state index contributed by atoms with van der Waals surface area (Å²) in [5.74, 6) is 0.0473. The van der Waals surface area contributed by atoms with Crippen LogP contribution in [0.3, 0.4) is 0 Å². The molecular weight excluding hydrogens is 291 g/mol. The number of nitrogens with zero attached hydrogens (tertiary/aromatic N) is 1. The summed E-state index contributed by atoms with van der Waals surface area (Å²) in [6, 6.07) is 5.66. The van der Waals surface area contributed by atoms with E-state index in [9.17, 15) is 4.79 Å². The highest BCUT2D eigenvalue weighted by Crippen LogP contribution is 2.20. The lowest BCUT2D eigenvalue weighted by Crippen LogP contribution is -2.32. The second-order valence-corrected chi connectivity index (χ2v) is 4.95. The number of hydrogen-bond donors (Lipinski definition) is 1. The van der Waals surface area contributed by atoms with Crippen LogP contribution in [0.25, 0.3) is 0 Å². The Kier molecular flexibility index (Phi) is 5.25. The summed E-state index contributed by atoms with van der Waals surface area (Å²) in [5.41, 5.74) is 0.975. The largest absolute Gasteiger partial charge is 0.348 e. The summed E-state index contributed by atoms with van der Waals surface area (Å²) in [6.07, 6.45) is 0. The Bertz CT molecular complexity index is 382. The van der Waals surface area contributed by atoms with E-state index < -0.39 is 0 Å². The van der Waals surface area contributed by atoms with Crippen LogP contribution in [0.15, 0.2) is 22.7 Å². The lowest BCUT2D eigenvalue weighted by atomic mass is 10.2. The van der Waals surface area contributed by atoms with E-state index in [4.69, 9.17) is 11.6 Å². The summed E-state index contributed by atoms with van der Waals surface area (Å²) in [6.45, 7) is 0.897. The van der Waals surface area contributed by atoms with E-state index in [1.807, 2.05) is 18.2 Å². The molecule has 0 saturated heterocycles. The van der Waals surface area contributed by atoms with E-state index in [1.165, 1.54) is 0 Å². The molecular formula is C11H14BrClN2O. The number of nitrogens with one attached hydrogen (secondary N) is 1. The lowest BCUT2D eigenvalue weighted by Gasteiger charge is -2.11. The van der Waals surface area contributed by atoms with Crippen LogP contribution in [0, 0.1) is 0 Å².